The Labute approximate surface area is 240 Å². The fourth-order valence-electron chi connectivity index (χ4n) is 5.69. The summed E-state index contributed by atoms with van der Waals surface area (Å²) in [6, 6.07) is 5.84. The van der Waals surface area contributed by atoms with Crippen LogP contribution in [0, 0.1) is 5.92 Å². The van der Waals surface area contributed by atoms with Crippen molar-refractivity contribution in [1.29, 1.82) is 0 Å². The van der Waals surface area contributed by atoms with Gasteiger partial charge in [-0.25, -0.2) is 0 Å². The van der Waals surface area contributed by atoms with E-state index in [1.807, 2.05) is 12.1 Å². The van der Waals surface area contributed by atoms with Crippen LogP contribution in [0.1, 0.15) is 96.5 Å². The van der Waals surface area contributed by atoms with Crippen molar-refractivity contribution in [1.82, 2.24) is 10.6 Å². The maximum absolute atomic E-state index is 11.8. The van der Waals surface area contributed by atoms with E-state index in [-0.39, 0.29) is 23.9 Å². The molecule has 0 unspecified atom stereocenters. The van der Waals surface area contributed by atoms with Gasteiger partial charge in [0.2, 0.25) is 0 Å². The second kappa shape index (κ2) is 17.3. The molecule has 0 spiro atoms. The molecule has 1 aromatic rings. The summed E-state index contributed by atoms with van der Waals surface area (Å²) < 4.78 is 11.6. The molecule has 0 amide bonds. The molecule has 6 N–H and O–H groups in total. The summed E-state index contributed by atoms with van der Waals surface area (Å²) in [5.74, 6) is 1.15. The number of aromatic hydroxyl groups is 1. The highest BCUT2D eigenvalue weighted by Gasteiger charge is 2.21. The van der Waals surface area contributed by atoms with Gasteiger partial charge in [-0.15, -0.1) is 0 Å². The molecule has 1 saturated heterocycles. The summed E-state index contributed by atoms with van der Waals surface area (Å²) in [5, 5.41) is 27.8. The molecule has 1 aliphatic carbocycles. The number of hydrogen-bond donors (Lipinski definition) is 5. The molecule has 1 aliphatic heterocycles. The van der Waals surface area contributed by atoms with E-state index >= 15 is 0 Å². The number of hydrogen-bond acceptors (Lipinski definition) is 7. The first-order chi connectivity index (χ1) is 19.3. The number of ether oxygens (including phenoxy) is 2. The zero-order valence-corrected chi connectivity index (χ0v) is 24.6. The number of esters is 1. The number of piperidine rings is 1. The molecule has 2 aliphatic rings. The topological polar surface area (TPSA) is 138 Å². The van der Waals surface area contributed by atoms with Crippen molar-refractivity contribution in [3.63, 3.8) is 0 Å². The normalized spacial score (nSPS) is 19.5. The molecule has 3 atom stereocenters. The van der Waals surface area contributed by atoms with E-state index in [1.54, 1.807) is 6.07 Å². The smallest absolute Gasteiger partial charge is 0.302 e. The number of aliphatic hydroxyl groups is 1. The Morgan fingerprint density at radius 2 is 1.90 bits per heavy atom. The summed E-state index contributed by atoms with van der Waals surface area (Å²) in [6.07, 6.45) is 11.1. The number of aryl methyl sites for hydroxylation is 1. The van der Waals surface area contributed by atoms with Crippen molar-refractivity contribution in [2.75, 3.05) is 19.6 Å². The van der Waals surface area contributed by atoms with Gasteiger partial charge in [0.05, 0.1) is 6.10 Å². The maximum atomic E-state index is 11.8. The summed E-state index contributed by atoms with van der Waals surface area (Å²) >= 11 is 0. The molecule has 0 radical (unpaired) electrons. The van der Waals surface area contributed by atoms with E-state index in [1.165, 1.54) is 26.2 Å². The van der Waals surface area contributed by atoms with Crippen LogP contribution in [-0.4, -0.2) is 66.1 Å². The lowest BCUT2D eigenvalue weighted by Gasteiger charge is -2.24. The van der Waals surface area contributed by atoms with Crippen LogP contribution in [-0.2, 0) is 16.0 Å². The standard InChI is InChI=1S/C31H52N4O5/c1-3-23(21-34-31(32)35-25-7-5-4-6-8-25)9-12-26(37)20-28(39-22(2)36)13-10-24-11-14-29(38)30(19-24)40-27-15-17-33-18-16-27/h11,14,19,23,25-28,33,37-38H,3-10,12-13,15-18,20-21H2,1-2H3,(H3,32,34,35)/t23-,26+,28-/m1/s1. The van der Waals surface area contributed by atoms with Crippen LogP contribution in [0.2, 0.25) is 0 Å². The molecule has 40 heavy (non-hydrogen) atoms. The highest BCUT2D eigenvalue weighted by molar-refractivity contribution is 5.78. The number of aliphatic hydroxyl groups excluding tert-OH is 1. The number of nitrogens with zero attached hydrogens (tertiary/aromatic N) is 1. The second-order valence-corrected chi connectivity index (χ2v) is 11.6. The lowest BCUT2D eigenvalue weighted by Crippen LogP contribution is -2.41. The number of carbonyl (C=O) groups is 1. The van der Waals surface area contributed by atoms with Crippen molar-refractivity contribution in [3.8, 4) is 11.5 Å². The van der Waals surface area contributed by atoms with E-state index in [4.69, 9.17) is 15.2 Å². The molecular weight excluding hydrogens is 508 g/mol. The number of rotatable bonds is 15. The highest BCUT2D eigenvalue weighted by Crippen LogP contribution is 2.30. The molecule has 3 rings (SSSR count). The van der Waals surface area contributed by atoms with Gasteiger partial charge in [0.15, 0.2) is 17.5 Å². The molecule has 1 heterocycles. The van der Waals surface area contributed by atoms with Gasteiger partial charge in [-0.05, 0) is 88.1 Å². The van der Waals surface area contributed by atoms with E-state index in [2.05, 4.69) is 22.5 Å². The number of phenolic OH excluding ortho intramolecular Hbond substituents is 1. The van der Waals surface area contributed by atoms with Crippen LogP contribution >= 0.6 is 0 Å². The van der Waals surface area contributed by atoms with Crippen LogP contribution < -0.4 is 21.1 Å². The number of guanidine groups is 1. The van der Waals surface area contributed by atoms with E-state index in [9.17, 15) is 15.0 Å². The first kappa shape index (κ1) is 32.0. The lowest BCUT2D eigenvalue weighted by molar-refractivity contribution is -0.148. The Balaban J connectivity index is 1.45. The fourth-order valence-corrected chi connectivity index (χ4v) is 5.69. The van der Waals surface area contributed by atoms with Gasteiger partial charge in [-0.3, -0.25) is 9.79 Å². The van der Waals surface area contributed by atoms with Crippen LogP contribution in [0.25, 0.3) is 0 Å². The highest BCUT2D eigenvalue weighted by atomic mass is 16.5. The summed E-state index contributed by atoms with van der Waals surface area (Å²) in [4.78, 5) is 16.4. The Kier molecular flexibility index (Phi) is 13.9. The first-order valence-electron chi connectivity index (χ1n) is 15.4. The van der Waals surface area contributed by atoms with Crippen LogP contribution in [0.15, 0.2) is 23.2 Å². The number of aliphatic imine (C=N–C) groups is 1. The number of benzene rings is 1. The van der Waals surface area contributed by atoms with Gasteiger partial charge in [-0.2, -0.15) is 0 Å². The predicted octanol–water partition coefficient (Wildman–Crippen LogP) is 4.18. The Morgan fingerprint density at radius 3 is 2.60 bits per heavy atom. The molecule has 1 aromatic carbocycles. The van der Waals surface area contributed by atoms with E-state index in [0.29, 0.717) is 55.9 Å². The third-order valence-corrected chi connectivity index (χ3v) is 8.19. The van der Waals surface area contributed by atoms with Crippen molar-refractivity contribution in [2.45, 2.75) is 122 Å². The molecular formula is C31H52N4O5. The van der Waals surface area contributed by atoms with Crippen molar-refractivity contribution < 1.29 is 24.5 Å². The van der Waals surface area contributed by atoms with Crippen molar-refractivity contribution in [2.24, 2.45) is 16.6 Å². The maximum Gasteiger partial charge on any atom is 0.302 e. The zero-order chi connectivity index (χ0) is 28.7. The largest absolute Gasteiger partial charge is 0.504 e. The van der Waals surface area contributed by atoms with Gasteiger partial charge in [0.1, 0.15) is 12.2 Å². The minimum atomic E-state index is -0.571. The second-order valence-electron chi connectivity index (χ2n) is 11.6. The van der Waals surface area contributed by atoms with Crippen LogP contribution in [0.3, 0.4) is 0 Å². The fraction of sp³-hybridized carbons (Fsp3) is 0.742. The molecule has 2 fully saturated rings. The van der Waals surface area contributed by atoms with Gasteiger partial charge in [-0.1, -0.05) is 38.7 Å². The lowest BCUT2D eigenvalue weighted by atomic mass is 9.95. The van der Waals surface area contributed by atoms with E-state index < -0.39 is 6.10 Å². The summed E-state index contributed by atoms with van der Waals surface area (Å²) in [7, 11) is 0. The zero-order valence-electron chi connectivity index (χ0n) is 24.6. The third-order valence-electron chi connectivity index (χ3n) is 8.19. The average molecular weight is 561 g/mol. The molecule has 9 heteroatoms. The molecule has 226 valence electrons. The summed E-state index contributed by atoms with van der Waals surface area (Å²) in [5.41, 5.74) is 7.14. The Morgan fingerprint density at radius 1 is 1.15 bits per heavy atom. The summed E-state index contributed by atoms with van der Waals surface area (Å²) in [6.45, 7) is 6.01. The van der Waals surface area contributed by atoms with Crippen LogP contribution in [0.4, 0.5) is 0 Å². The minimum Gasteiger partial charge on any atom is -0.504 e. The van der Waals surface area contributed by atoms with E-state index in [0.717, 1.165) is 57.2 Å². The monoisotopic (exact) mass is 560 g/mol. The SMILES string of the molecule is CC[C@H](CC[C@H](O)C[C@@H](CCc1ccc(O)c(OC2CCNCC2)c1)OC(C)=O)CN=C(N)NC1CCCCC1. The number of carbonyl (C=O) groups excluding carboxylic acids is 1. The molecule has 0 bridgehead atoms. The van der Waals surface area contributed by atoms with Crippen LogP contribution in [0.5, 0.6) is 11.5 Å². The van der Waals surface area contributed by atoms with Gasteiger partial charge in [0.25, 0.3) is 0 Å². The van der Waals surface area contributed by atoms with Gasteiger partial charge in [0, 0.05) is 25.9 Å². The number of nitrogens with one attached hydrogen (secondary N) is 2. The Hall–Kier alpha value is -2.52. The molecule has 9 nitrogen and oxygen atoms in total. The number of phenols is 1. The third kappa shape index (κ3) is 11.9. The average Bonchev–Trinajstić information content (AvgIpc) is 2.94. The minimum absolute atomic E-state index is 0.0913. The van der Waals surface area contributed by atoms with Crippen molar-refractivity contribution >= 4 is 11.9 Å². The van der Waals surface area contributed by atoms with Gasteiger partial charge < -0.3 is 36.1 Å². The number of nitrogens with two attached hydrogens (primary N) is 1. The van der Waals surface area contributed by atoms with Gasteiger partial charge >= 0.3 is 5.97 Å². The molecule has 1 saturated carbocycles. The molecule has 0 aromatic heterocycles. The van der Waals surface area contributed by atoms with Crippen molar-refractivity contribution in [3.05, 3.63) is 23.8 Å². The predicted molar refractivity (Wildman–Crippen MR) is 159 cm³/mol. The Bertz CT molecular complexity index is 915. The first-order valence-corrected chi connectivity index (χ1v) is 15.4. The quantitative estimate of drug-likeness (QED) is 0.122.